The molecule has 0 aliphatic carbocycles. The highest BCUT2D eigenvalue weighted by Gasteiger charge is 2.16. The van der Waals surface area contributed by atoms with Gasteiger partial charge in [0.05, 0.1) is 19.9 Å². The van der Waals surface area contributed by atoms with E-state index >= 15 is 0 Å². The van der Waals surface area contributed by atoms with Crippen molar-refractivity contribution in [1.29, 1.82) is 0 Å². The van der Waals surface area contributed by atoms with Gasteiger partial charge in [0.25, 0.3) is 5.91 Å². The van der Waals surface area contributed by atoms with Gasteiger partial charge >= 0.3 is 0 Å². The lowest BCUT2D eigenvalue weighted by atomic mass is 10.2. The Kier molecular flexibility index (Phi) is 4.61. The van der Waals surface area contributed by atoms with E-state index in [4.69, 9.17) is 9.47 Å². The fraction of sp³-hybridized carbons (Fsp3) is 0.263. The van der Waals surface area contributed by atoms with Crippen LogP contribution in [0.4, 0.5) is 0 Å². The van der Waals surface area contributed by atoms with E-state index in [1.54, 1.807) is 14.2 Å². The van der Waals surface area contributed by atoms with Crippen LogP contribution in [0.1, 0.15) is 27.3 Å². The van der Waals surface area contributed by atoms with Gasteiger partial charge in [-0.3, -0.25) is 9.20 Å². The number of ether oxygens (including phenoxy) is 2. The molecular weight excluding hydrogens is 318 g/mol. The van der Waals surface area contributed by atoms with Gasteiger partial charge in [-0.05, 0) is 43.2 Å². The number of fused-ring (bicyclic) bond motifs is 1. The Labute approximate surface area is 146 Å². The number of methoxy groups -OCH3 is 2. The highest BCUT2D eigenvalue weighted by Crippen LogP contribution is 2.27. The number of benzene rings is 1. The molecule has 0 aliphatic rings. The van der Waals surface area contributed by atoms with Gasteiger partial charge < -0.3 is 14.8 Å². The molecule has 1 N–H and O–H groups in total. The van der Waals surface area contributed by atoms with Crippen molar-refractivity contribution in [3.63, 3.8) is 0 Å². The zero-order valence-corrected chi connectivity index (χ0v) is 14.8. The number of amides is 1. The van der Waals surface area contributed by atoms with Gasteiger partial charge in [-0.1, -0.05) is 12.1 Å². The number of nitrogens with one attached hydrogen (secondary N) is 1. The van der Waals surface area contributed by atoms with Crippen LogP contribution in [0.5, 0.6) is 11.5 Å². The van der Waals surface area contributed by atoms with Crippen LogP contribution in [0.2, 0.25) is 0 Å². The van der Waals surface area contributed by atoms with Crippen molar-refractivity contribution in [2.75, 3.05) is 14.2 Å². The van der Waals surface area contributed by atoms with Crippen molar-refractivity contribution in [1.82, 2.24) is 14.7 Å². The van der Waals surface area contributed by atoms with Gasteiger partial charge in [0, 0.05) is 12.7 Å². The van der Waals surface area contributed by atoms with Gasteiger partial charge in [-0.15, -0.1) is 0 Å². The minimum Gasteiger partial charge on any atom is -0.493 e. The number of aromatic nitrogens is 2. The molecule has 0 spiro atoms. The SMILES string of the molecule is COc1ccc(CNC(=O)c2c(C)nc3ccc(C)cn23)cc1OC. The van der Waals surface area contributed by atoms with Crippen LogP contribution in [0, 0.1) is 13.8 Å². The second-order valence-electron chi connectivity index (χ2n) is 5.85. The lowest BCUT2D eigenvalue weighted by Crippen LogP contribution is -2.25. The molecule has 0 aliphatic heterocycles. The normalized spacial score (nSPS) is 10.7. The molecule has 3 rings (SSSR count). The van der Waals surface area contributed by atoms with Crippen molar-refractivity contribution in [3.8, 4) is 11.5 Å². The molecule has 2 aromatic heterocycles. The number of hydrogen-bond donors (Lipinski definition) is 1. The van der Waals surface area contributed by atoms with Crippen molar-refractivity contribution in [3.05, 3.63) is 59.0 Å². The molecule has 0 radical (unpaired) electrons. The Hall–Kier alpha value is -3.02. The quantitative estimate of drug-likeness (QED) is 0.776. The Morgan fingerprint density at radius 2 is 1.88 bits per heavy atom. The predicted octanol–water partition coefficient (Wildman–Crippen LogP) is 2.90. The summed E-state index contributed by atoms with van der Waals surface area (Å²) in [5.74, 6) is 1.13. The lowest BCUT2D eigenvalue weighted by Gasteiger charge is -2.10. The number of hydrogen-bond acceptors (Lipinski definition) is 4. The van der Waals surface area contributed by atoms with Crippen LogP contribution < -0.4 is 14.8 Å². The number of rotatable bonds is 5. The first-order valence-corrected chi connectivity index (χ1v) is 7.98. The molecule has 0 saturated carbocycles. The zero-order valence-electron chi connectivity index (χ0n) is 14.8. The number of nitrogens with zero attached hydrogens (tertiary/aromatic N) is 2. The third kappa shape index (κ3) is 3.28. The summed E-state index contributed by atoms with van der Waals surface area (Å²) in [5, 5.41) is 2.95. The number of carbonyl (C=O) groups is 1. The standard InChI is InChI=1S/C19H21N3O3/c1-12-5-8-17-21-13(2)18(22(17)11-12)19(23)20-10-14-6-7-15(24-3)16(9-14)25-4/h5-9,11H,10H2,1-4H3,(H,20,23). The van der Waals surface area contributed by atoms with Crippen LogP contribution in [0.3, 0.4) is 0 Å². The summed E-state index contributed by atoms with van der Waals surface area (Å²) >= 11 is 0. The number of imidazole rings is 1. The molecule has 0 saturated heterocycles. The molecule has 1 amide bonds. The van der Waals surface area contributed by atoms with Gasteiger partial charge in [0.15, 0.2) is 11.5 Å². The van der Waals surface area contributed by atoms with Crippen molar-refractivity contribution in [2.45, 2.75) is 20.4 Å². The first kappa shape index (κ1) is 16.8. The summed E-state index contributed by atoms with van der Waals surface area (Å²) in [7, 11) is 3.18. The number of aryl methyl sites for hydroxylation is 2. The molecule has 3 aromatic rings. The molecule has 25 heavy (non-hydrogen) atoms. The minimum absolute atomic E-state index is 0.162. The summed E-state index contributed by atoms with van der Waals surface area (Å²) < 4.78 is 12.3. The maximum Gasteiger partial charge on any atom is 0.270 e. The van der Waals surface area contributed by atoms with E-state index in [-0.39, 0.29) is 5.91 Å². The molecule has 0 atom stereocenters. The fourth-order valence-corrected chi connectivity index (χ4v) is 2.80. The van der Waals surface area contributed by atoms with E-state index < -0.39 is 0 Å². The maximum absolute atomic E-state index is 12.7. The highest BCUT2D eigenvalue weighted by atomic mass is 16.5. The molecule has 6 nitrogen and oxygen atoms in total. The Morgan fingerprint density at radius 3 is 2.60 bits per heavy atom. The Morgan fingerprint density at radius 1 is 1.12 bits per heavy atom. The first-order valence-electron chi connectivity index (χ1n) is 7.98. The van der Waals surface area contributed by atoms with Gasteiger partial charge in [0.1, 0.15) is 11.3 Å². The monoisotopic (exact) mass is 339 g/mol. The van der Waals surface area contributed by atoms with Crippen molar-refractivity contribution in [2.24, 2.45) is 0 Å². The third-order valence-electron chi connectivity index (χ3n) is 4.06. The van der Waals surface area contributed by atoms with Crippen LogP contribution in [0.25, 0.3) is 5.65 Å². The highest BCUT2D eigenvalue weighted by molar-refractivity contribution is 5.94. The Balaban J connectivity index is 1.82. The van der Waals surface area contributed by atoms with Crippen LogP contribution in [-0.2, 0) is 6.54 Å². The van der Waals surface area contributed by atoms with E-state index in [2.05, 4.69) is 10.3 Å². The van der Waals surface area contributed by atoms with Crippen molar-refractivity contribution >= 4 is 11.6 Å². The summed E-state index contributed by atoms with van der Waals surface area (Å²) in [6, 6.07) is 9.46. The molecule has 0 fully saturated rings. The predicted molar refractivity (Wildman–Crippen MR) is 95.4 cm³/mol. The van der Waals surface area contributed by atoms with Gasteiger partial charge in [-0.25, -0.2) is 4.98 Å². The van der Waals surface area contributed by atoms with E-state index in [0.29, 0.717) is 29.4 Å². The largest absolute Gasteiger partial charge is 0.493 e. The second kappa shape index (κ2) is 6.84. The van der Waals surface area contributed by atoms with Crippen LogP contribution in [0.15, 0.2) is 36.5 Å². The van der Waals surface area contributed by atoms with Crippen molar-refractivity contribution < 1.29 is 14.3 Å². The van der Waals surface area contributed by atoms with E-state index in [0.717, 1.165) is 16.8 Å². The third-order valence-corrected chi connectivity index (χ3v) is 4.06. The fourth-order valence-electron chi connectivity index (χ4n) is 2.80. The van der Waals surface area contributed by atoms with Crippen LogP contribution in [-0.4, -0.2) is 29.5 Å². The molecule has 1 aromatic carbocycles. The second-order valence-corrected chi connectivity index (χ2v) is 5.85. The average molecular weight is 339 g/mol. The Bertz CT molecular complexity index is 931. The average Bonchev–Trinajstić information content (AvgIpc) is 2.94. The zero-order chi connectivity index (χ0) is 18.0. The van der Waals surface area contributed by atoms with E-state index in [1.807, 2.05) is 54.8 Å². The number of carbonyl (C=O) groups excluding carboxylic acids is 1. The summed E-state index contributed by atoms with van der Waals surface area (Å²) in [6.07, 6.45) is 1.92. The van der Waals surface area contributed by atoms with Gasteiger partial charge in [-0.2, -0.15) is 0 Å². The summed E-state index contributed by atoms with van der Waals surface area (Å²) in [5.41, 5.74) is 4.02. The smallest absolute Gasteiger partial charge is 0.270 e. The minimum atomic E-state index is -0.162. The molecule has 0 unspecified atom stereocenters. The maximum atomic E-state index is 12.7. The van der Waals surface area contributed by atoms with Crippen LogP contribution >= 0.6 is 0 Å². The topological polar surface area (TPSA) is 64.9 Å². The molecule has 130 valence electrons. The lowest BCUT2D eigenvalue weighted by molar-refractivity contribution is 0.0944. The summed E-state index contributed by atoms with van der Waals surface area (Å²) in [6.45, 7) is 4.21. The van der Waals surface area contributed by atoms with E-state index in [9.17, 15) is 4.79 Å². The number of pyridine rings is 1. The molecule has 0 bridgehead atoms. The molecule has 2 heterocycles. The van der Waals surface area contributed by atoms with Gasteiger partial charge in [0.2, 0.25) is 0 Å². The molecule has 6 heteroatoms. The molecular formula is C19H21N3O3. The van der Waals surface area contributed by atoms with E-state index in [1.165, 1.54) is 0 Å². The first-order chi connectivity index (χ1) is 12.0. The summed E-state index contributed by atoms with van der Waals surface area (Å²) in [4.78, 5) is 17.1.